The second-order valence-electron chi connectivity index (χ2n) is 4.90. The average Bonchev–Trinajstić information content (AvgIpc) is 3.00. The predicted molar refractivity (Wildman–Crippen MR) is 88.5 cm³/mol. The summed E-state index contributed by atoms with van der Waals surface area (Å²) < 4.78 is 13.1. The first kappa shape index (κ1) is 16.9. The van der Waals surface area contributed by atoms with Crippen LogP contribution < -0.4 is 5.32 Å². The van der Waals surface area contributed by atoms with Gasteiger partial charge in [0.15, 0.2) is 0 Å². The number of hydrogen-bond acceptors (Lipinski definition) is 3. The van der Waals surface area contributed by atoms with Crippen LogP contribution in [-0.2, 0) is 17.9 Å². The minimum Gasteiger partial charge on any atom is -0.350 e. The number of amides is 1. The van der Waals surface area contributed by atoms with Crippen LogP contribution in [0.4, 0.5) is 4.39 Å². The third-order valence-corrected chi connectivity index (χ3v) is 4.49. The topological polar surface area (TPSA) is 32.3 Å². The van der Waals surface area contributed by atoms with Gasteiger partial charge >= 0.3 is 0 Å². The molecule has 0 bridgehead atoms. The van der Waals surface area contributed by atoms with Crippen LogP contribution in [0.3, 0.4) is 0 Å². The summed E-state index contributed by atoms with van der Waals surface area (Å²) in [7, 11) is 0. The summed E-state index contributed by atoms with van der Waals surface area (Å²) in [5, 5.41) is 5.27. The summed E-state index contributed by atoms with van der Waals surface area (Å²) >= 11 is 7.64. The van der Waals surface area contributed by atoms with E-state index in [-0.39, 0.29) is 18.3 Å². The normalized spacial score (nSPS) is 10.9. The lowest BCUT2D eigenvalue weighted by molar-refractivity contribution is -0.122. The number of rotatable bonds is 7. The largest absolute Gasteiger partial charge is 0.350 e. The van der Waals surface area contributed by atoms with Crippen LogP contribution in [0, 0.1) is 5.82 Å². The quantitative estimate of drug-likeness (QED) is 0.834. The number of nitrogens with zero attached hydrogens (tertiary/aromatic N) is 1. The Kier molecular flexibility index (Phi) is 6.36. The fourth-order valence-electron chi connectivity index (χ4n) is 2.03. The van der Waals surface area contributed by atoms with Crippen LogP contribution in [0.1, 0.15) is 17.4 Å². The molecular weight excluding hydrogens is 323 g/mol. The second kappa shape index (κ2) is 8.27. The Balaban J connectivity index is 1.87. The summed E-state index contributed by atoms with van der Waals surface area (Å²) in [6.45, 7) is 4.03. The smallest absolute Gasteiger partial charge is 0.234 e. The highest BCUT2D eigenvalue weighted by Crippen LogP contribution is 2.19. The van der Waals surface area contributed by atoms with Gasteiger partial charge in [-0.15, -0.1) is 11.3 Å². The summed E-state index contributed by atoms with van der Waals surface area (Å²) in [6, 6.07) is 8.28. The Labute approximate surface area is 138 Å². The van der Waals surface area contributed by atoms with E-state index in [2.05, 4.69) is 5.32 Å². The number of likely N-dealkylation sites (N-methyl/N-ethyl adjacent to an activating group) is 1. The van der Waals surface area contributed by atoms with Crippen molar-refractivity contribution in [2.24, 2.45) is 0 Å². The van der Waals surface area contributed by atoms with Gasteiger partial charge < -0.3 is 5.32 Å². The molecule has 1 aromatic heterocycles. The molecule has 2 aromatic rings. The van der Waals surface area contributed by atoms with Crippen molar-refractivity contribution in [2.45, 2.75) is 20.0 Å². The van der Waals surface area contributed by atoms with Gasteiger partial charge in [0.2, 0.25) is 5.91 Å². The van der Waals surface area contributed by atoms with Gasteiger partial charge in [0, 0.05) is 16.4 Å². The van der Waals surface area contributed by atoms with E-state index in [0.717, 1.165) is 10.4 Å². The minimum absolute atomic E-state index is 0.0338. The molecule has 0 saturated heterocycles. The van der Waals surface area contributed by atoms with Crippen molar-refractivity contribution in [1.82, 2.24) is 10.2 Å². The van der Waals surface area contributed by atoms with Crippen molar-refractivity contribution < 1.29 is 9.18 Å². The maximum absolute atomic E-state index is 13.1. The molecule has 6 heteroatoms. The SMILES string of the molecule is CCN(CC(=O)NCc1cccs1)Cc1ccc(F)cc1Cl. The molecule has 118 valence electrons. The molecule has 0 aliphatic heterocycles. The van der Waals surface area contributed by atoms with Crippen molar-refractivity contribution in [2.75, 3.05) is 13.1 Å². The summed E-state index contributed by atoms with van der Waals surface area (Å²) in [6.07, 6.45) is 0. The minimum atomic E-state index is -0.356. The molecule has 1 heterocycles. The van der Waals surface area contributed by atoms with Gasteiger partial charge in [0.1, 0.15) is 5.82 Å². The van der Waals surface area contributed by atoms with Crippen LogP contribution in [0.5, 0.6) is 0 Å². The van der Waals surface area contributed by atoms with Crippen LogP contribution in [0.25, 0.3) is 0 Å². The molecule has 0 atom stereocenters. The third kappa shape index (κ3) is 5.09. The van der Waals surface area contributed by atoms with E-state index in [1.807, 2.05) is 29.3 Å². The molecule has 1 aromatic carbocycles. The standard InChI is InChI=1S/C16H18ClFN2OS/c1-2-20(10-12-5-6-13(18)8-15(12)17)11-16(21)19-9-14-4-3-7-22-14/h3-8H,2,9-11H2,1H3,(H,19,21). The van der Waals surface area contributed by atoms with Crippen LogP contribution >= 0.6 is 22.9 Å². The molecule has 0 saturated carbocycles. The van der Waals surface area contributed by atoms with Crippen molar-refractivity contribution in [3.05, 3.63) is 57.0 Å². The first-order valence-corrected chi connectivity index (χ1v) is 8.29. The second-order valence-corrected chi connectivity index (χ2v) is 6.33. The Morgan fingerprint density at radius 2 is 2.23 bits per heavy atom. The lowest BCUT2D eigenvalue weighted by Crippen LogP contribution is -2.36. The molecule has 3 nitrogen and oxygen atoms in total. The van der Waals surface area contributed by atoms with E-state index in [9.17, 15) is 9.18 Å². The first-order chi connectivity index (χ1) is 10.6. The molecule has 0 aliphatic carbocycles. The lowest BCUT2D eigenvalue weighted by atomic mass is 10.2. The highest BCUT2D eigenvalue weighted by atomic mass is 35.5. The fourth-order valence-corrected chi connectivity index (χ4v) is 2.90. The third-order valence-electron chi connectivity index (χ3n) is 3.26. The number of thiophene rings is 1. The number of carbonyl (C=O) groups is 1. The van der Waals surface area contributed by atoms with Gasteiger partial charge in [-0.3, -0.25) is 9.69 Å². The molecule has 0 spiro atoms. The van der Waals surface area contributed by atoms with Gasteiger partial charge in [0.25, 0.3) is 0 Å². The van der Waals surface area contributed by atoms with Gasteiger partial charge in [-0.25, -0.2) is 4.39 Å². The maximum Gasteiger partial charge on any atom is 0.234 e. The Hall–Kier alpha value is -1.43. The van der Waals surface area contributed by atoms with E-state index < -0.39 is 0 Å². The van der Waals surface area contributed by atoms with Crippen LogP contribution in [0.15, 0.2) is 35.7 Å². The monoisotopic (exact) mass is 340 g/mol. The maximum atomic E-state index is 13.1. The summed E-state index contributed by atoms with van der Waals surface area (Å²) in [4.78, 5) is 15.1. The molecule has 2 rings (SSSR count). The van der Waals surface area contributed by atoms with Gasteiger partial charge in [-0.05, 0) is 35.7 Å². The van der Waals surface area contributed by atoms with E-state index in [0.29, 0.717) is 24.7 Å². The van der Waals surface area contributed by atoms with E-state index >= 15 is 0 Å². The van der Waals surface area contributed by atoms with E-state index in [4.69, 9.17) is 11.6 Å². The number of benzene rings is 1. The molecule has 0 radical (unpaired) electrons. The summed E-state index contributed by atoms with van der Waals surface area (Å²) in [5.74, 6) is -0.390. The van der Waals surface area contributed by atoms with Crippen LogP contribution in [0.2, 0.25) is 5.02 Å². The molecule has 0 unspecified atom stereocenters. The highest BCUT2D eigenvalue weighted by Gasteiger charge is 2.12. The average molecular weight is 341 g/mol. The Morgan fingerprint density at radius 3 is 2.86 bits per heavy atom. The van der Waals surface area contributed by atoms with E-state index in [1.165, 1.54) is 12.1 Å². The van der Waals surface area contributed by atoms with Crippen molar-refractivity contribution in [3.8, 4) is 0 Å². The molecular formula is C16H18ClFN2OS. The Morgan fingerprint density at radius 1 is 1.41 bits per heavy atom. The van der Waals surface area contributed by atoms with Gasteiger partial charge in [-0.2, -0.15) is 0 Å². The number of carbonyl (C=O) groups excluding carboxylic acids is 1. The molecule has 0 fully saturated rings. The molecule has 0 aliphatic rings. The fraction of sp³-hybridized carbons (Fsp3) is 0.312. The zero-order valence-electron chi connectivity index (χ0n) is 12.3. The zero-order chi connectivity index (χ0) is 15.9. The highest BCUT2D eigenvalue weighted by molar-refractivity contribution is 7.09. The van der Waals surface area contributed by atoms with Crippen LogP contribution in [-0.4, -0.2) is 23.9 Å². The first-order valence-electron chi connectivity index (χ1n) is 7.04. The zero-order valence-corrected chi connectivity index (χ0v) is 13.9. The van der Waals surface area contributed by atoms with E-state index in [1.54, 1.807) is 17.4 Å². The number of hydrogen-bond donors (Lipinski definition) is 1. The van der Waals surface area contributed by atoms with Crippen molar-refractivity contribution in [1.29, 1.82) is 0 Å². The number of halogens is 2. The van der Waals surface area contributed by atoms with Gasteiger partial charge in [-0.1, -0.05) is 30.7 Å². The molecule has 22 heavy (non-hydrogen) atoms. The van der Waals surface area contributed by atoms with Crippen molar-refractivity contribution >= 4 is 28.8 Å². The lowest BCUT2D eigenvalue weighted by Gasteiger charge is -2.20. The summed E-state index contributed by atoms with van der Waals surface area (Å²) in [5.41, 5.74) is 0.816. The van der Waals surface area contributed by atoms with Gasteiger partial charge in [0.05, 0.1) is 13.1 Å². The molecule has 1 amide bonds. The van der Waals surface area contributed by atoms with Crippen molar-refractivity contribution in [3.63, 3.8) is 0 Å². The molecule has 1 N–H and O–H groups in total. The number of nitrogens with one attached hydrogen (secondary N) is 1. The predicted octanol–water partition coefficient (Wildman–Crippen LogP) is 3.68. The Bertz CT molecular complexity index is 619.